The van der Waals surface area contributed by atoms with E-state index in [1.165, 1.54) is 5.56 Å². The molecular weight excluding hydrogens is 384 g/mol. The highest BCUT2D eigenvalue weighted by molar-refractivity contribution is 7.91. The van der Waals surface area contributed by atoms with Crippen LogP contribution in [-0.2, 0) is 16.4 Å². The van der Waals surface area contributed by atoms with Crippen molar-refractivity contribution >= 4 is 32.2 Å². The van der Waals surface area contributed by atoms with Crippen LogP contribution in [-0.4, -0.2) is 44.8 Å². The standard InChI is InChI=1S/C22H24N4O2S/c1-15-6-7-19-18(10-15)20(26-13-17(23)14-26)11-22(24-19)25-8-9-29(27,28)21-5-3-2-4-16(21)12-25/h2-7,10-11,17H,8-9,12-14,23H2,1H3. The first kappa shape index (κ1) is 18.4. The average Bonchev–Trinajstić information content (AvgIpc) is 2.81. The molecule has 2 N–H and O–H groups in total. The maximum absolute atomic E-state index is 12.7. The third kappa shape index (κ3) is 3.24. The predicted molar refractivity (Wildman–Crippen MR) is 116 cm³/mol. The number of anilines is 2. The summed E-state index contributed by atoms with van der Waals surface area (Å²) in [5.74, 6) is 0.894. The van der Waals surface area contributed by atoms with Gasteiger partial charge in [-0.15, -0.1) is 0 Å². The number of pyridine rings is 1. The Kier molecular flexibility index (Phi) is 4.26. The lowest BCUT2D eigenvalue weighted by molar-refractivity contribution is 0.521. The van der Waals surface area contributed by atoms with Crippen molar-refractivity contribution in [1.82, 2.24) is 4.98 Å². The number of aromatic nitrogens is 1. The predicted octanol–water partition coefficient (Wildman–Crippen LogP) is 2.48. The fourth-order valence-corrected chi connectivity index (χ4v) is 5.70. The van der Waals surface area contributed by atoms with Crippen LogP contribution < -0.4 is 15.5 Å². The van der Waals surface area contributed by atoms with Gasteiger partial charge in [-0.2, -0.15) is 0 Å². The molecule has 2 aromatic carbocycles. The van der Waals surface area contributed by atoms with Crippen LogP contribution in [0.1, 0.15) is 11.1 Å². The van der Waals surface area contributed by atoms with E-state index in [9.17, 15) is 8.42 Å². The molecule has 2 aliphatic heterocycles. The van der Waals surface area contributed by atoms with Crippen LogP contribution >= 0.6 is 0 Å². The molecule has 7 heteroatoms. The zero-order chi connectivity index (χ0) is 20.2. The van der Waals surface area contributed by atoms with E-state index in [2.05, 4.69) is 34.9 Å². The van der Waals surface area contributed by atoms with Gasteiger partial charge in [0.2, 0.25) is 0 Å². The van der Waals surface area contributed by atoms with Crippen LogP contribution in [0.25, 0.3) is 10.9 Å². The van der Waals surface area contributed by atoms with Crippen LogP contribution in [0.2, 0.25) is 0 Å². The summed E-state index contributed by atoms with van der Waals surface area (Å²) in [5, 5.41) is 1.11. The molecule has 0 radical (unpaired) electrons. The third-order valence-corrected chi connectivity index (χ3v) is 7.59. The van der Waals surface area contributed by atoms with Gasteiger partial charge in [-0.1, -0.05) is 29.8 Å². The molecule has 3 aromatic rings. The summed E-state index contributed by atoms with van der Waals surface area (Å²) in [6.07, 6.45) is 0. The van der Waals surface area contributed by atoms with Crippen LogP contribution in [0.5, 0.6) is 0 Å². The smallest absolute Gasteiger partial charge is 0.180 e. The van der Waals surface area contributed by atoms with Crippen LogP contribution in [0, 0.1) is 6.92 Å². The van der Waals surface area contributed by atoms with Crippen molar-refractivity contribution < 1.29 is 8.42 Å². The van der Waals surface area contributed by atoms with Crippen LogP contribution in [0.3, 0.4) is 0 Å². The average molecular weight is 409 g/mol. The highest BCUT2D eigenvalue weighted by atomic mass is 32.2. The molecular formula is C22H24N4O2S. The number of hydrogen-bond donors (Lipinski definition) is 1. The molecule has 5 rings (SSSR count). The number of benzene rings is 2. The van der Waals surface area contributed by atoms with Crippen molar-refractivity contribution in [2.45, 2.75) is 24.4 Å². The van der Waals surface area contributed by atoms with Gasteiger partial charge in [0.1, 0.15) is 5.82 Å². The summed E-state index contributed by atoms with van der Waals surface area (Å²) in [7, 11) is -3.29. The van der Waals surface area contributed by atoms with E-state index in [1.54, 1.807) is 12.1 Å². The van der Waals surface area contributed by atoms with Gasteiger partial charge in [0.25, 0.3) is 0 Å². The second-order valence-electron chi connectivity index (χ2n) is 8.03. The van der Waals surface area contributed by atoms with E-state index in [0.717, 1.165) is 41.1 Å². The Balaban J connectivity index is 1.61. The molecule has 0 atom stereocenters. The first-order valence-corrected chi connectivity index (χ1v) is 11.5. The van der Waals surface area contributed by atoms with E-state index in [4.69, 9.17) is 10.7 Å². The molecule has 1 saturated heterocycles. The van der Waals surface area contributed by atoms with E-state index in [-0.39, 0.29) is 11.8 Å². The lowest BCUT2D eigenvalue weighted by Gasteiger charge is -2.40. The number of aryl methyl sites for hydroxylation is 1. The Bertz CT molecular complexity index is 1200. The van der Waals surface area contributed by atoms with Crippen molar-refractivity contribution in [1.29, 1.82) is 0 Å². The Morgan fingerprint density at radius 2 is 1.86 bits per heavy atom. The molecule has 1 aromatic heterocycles. The molecule has 150 valence electrons. The molecule has 29 heavy (non-hydrogen) atoms. The van der Waals surface area contributed by atoms with Crippen molar-refractivity contribution in [3.63, 3.8) is 0 Å². The van der Waals surface area contributed by atoms with Gasteiger partial charge in [0.05, 0.1) is 16.2 Å². The zero-order valence-corrected chi connectivity index (χ0v) is 17.2. The molecule has 0 spiro atoms. The van der Waals surface area contributed by atoms with Crippen LogP contribution in [0.4, 0.5) is 11.5 Å². The van der Waals surface area contributed by atoms with Gasteiger partial charge in [-0.05, 0) is 30.7 Å². The van der Waals surface area contributed by atoms with Crippen LogP contribution in [0.15, 0.2) is 53.4 Å². The Morgan fingerprint density at radius 1 is 1.07 bits per heavy atom. The Morgan fingerprint density at radius 3 is 2.66 bits per heavy atom. The van der Waals surface area contributed by atoms with E-state index in [1.807, 2.05) is 18.2 Å². The van der Waals surface area contributed by atoms with E-state index >= 15 is 0 Å². The van der Waals surface area contributed by atoms with Gasteiger partial charge in [0, 0.05) is 49.4 Å². The zero-order valence-electron chi connectivity index (χ0n) is 16.4. The minimum absolute atomic E-state index is 0.0849. The summed E-state index contributed by atoms with van der Waals surface area (Å²) >= 11 is 0. The van der Waals surface area contributed by atoms with Gasteiger partial charge in [-0.25, -0.2) is 13.4 Å². The largest absolute Gasteiger partial charge is 0.368 e. The maximum Gasteiger partial charge on any atom is 0.180 e. The maximum atomic E-state index is 12.7. The SMILES string of the molecule is Cc1ccc2nc(N3CCS(=O)(=O)c4ccccc4C3)cc(N3CC(N)C3)c2c1. The number of nitrogens with two attached hydrogens (primary N) is 1. The number of sulfone groups is 1. The summed E-state index contributed by atoms with van der Waals surface area (Å²) in [5.41, 5.74) is 10.1. The quantitative estimate of drug-likeness (QED) is 0.702. The third-order valence-electron chi connectivity index (χ3n) is 5.80. The molecule has 0 saturated carbocycles. The summed E-state index contributed by atoms with van der Waals surface area (Å²) < 4.78 is 25.4. The van der Waals surface area contributed by atoms with Gasteiger partial charge in [0.15, 0.2) is 9.84 Å². The fourth-order valence-electron chi connectivity index (χ4n) is 4.20. The van der Waals surface area contributed by atoms with Crippen molar-refractivity contribution in [3.8, 4) is 0 Å². The highest BCUT2D eigenvalue weighted by Crippen LogP contribution is 2.34. The normalized spacial score (nSPS) is 19.0. The number of nitrogens with zero attached hydrogens (tertiary/aromatic N) is 3. The first-order valence-electron chi connectivity index (χ1n) is 9.88. The first-order chi connectivity index (χ1) is 13.9. The lowest BCUT2D eigenvalue weighted by Crippen LogP contribution is -2.56. The van der Waals surface area contributed by atoms with Crippen molar-refractivity contribution in [2.24, 2.45) is 5.73 Å². The summed E-state index contributed by atoms with van der Waals surface area (Å²) in [6.45, 7) is 4.67. The Labute approximate surface area is 170 Å². The topological polar surface area (TPSA) is 79.5 Å². The van der Waals surface area contributed by atoms with Crippen molar-refractivity contribution in [3.05, 3.63) is 59.7 Å². The molecule has 6 nitrogen and oxygen atoms in total. The van der Waals surface area contributed by atoms with E-state index < -0.39 is 9.84 Å². The minimum Gasteiger partial charge on any atom is -0.368 e. The fraction of sp³-hybridized carbons (Fsp3) is 0.318. The highest BCUT2D eigenvalue weighted by Gasteiger charge is 2.28. The molecule has 0 bridgehead atoms. The molecule has 0 unspecified atom stereocenters. The second-order valence-corrected chi connectivity index (χ2v) is 10.1. The van der Waals surface area contributed by atoms with Gasteiger partial charge in [-0.3, -0.25) is 0 Å². The Hall–Kier alpha value is -2.64. The second kappa shape index (κ2) is 6.71. The number of rotatable bonds is 2. The summed E-state index contributed by atoms with van der Waals surface area (Å²) in [6, 6.07) is 15.8. The monoisotopic (exact) mass is 408 g/mol. The van der Waals surface area contributed by atoms with Crippen molar-refractivity contribution in [2.75, 3.05) is 35.2 Å². The molecule has 2 aliphatic rings. The lowest BCUT2D eigenvalue weighted by atomic mass is 10.0. The molecule has 0 aliphatic carbocycles. The molecule has 1 fully saturated rings. The molecule has 0 amide bonds. The van der Waals surface area contributed by atoms with Gasteiger partial charge >= 0.3 is 0 Å². The van der Waals surface area contributed by atoms with E-state index in [0.29, 0.717) is 18.0 Å². The molecule has 3 heterocycles. The number of hydrogen-bond acceptors (Lipinski definition) is 6. The summed E-state index contributed by atoms with van der Waals surface area (Å²) in [4.78, 5) is 9.69. The minimum atomic E-state index is -3.29. The number of fused-ring (bicyclic) bond motifs is 2. The van der Waals surface area contributed by atoms with Gasteiger partial charge < -0.3 is 15.5 Å².